The van der Waals surface area contributed by atoms with Gasteiger partial charge in [0.15, 0.2) is 5.96 Å². The first kappa shape index (κ1) is 18.3. The molecule has 2 N–H and O–H groups in total. The molecule has 22 heavy (non-hydrogen) atoms. The van der Waals surface area contributed by atoms with Crippen molar-refractivity contribution in [3.8, 4) is 0 Å². The summed E-state index contributed by atoms with van der Waals surface area (Å²) in [4.78, 5) is 7.10. The molecular formula is C16H30IN3O2. The SMILES string of the molecule is CCNC(=NCC1(O)CCC1)N1CCC2(CCOCC2)C1.I. The lowest BCUT2D eigenvalue weighted by molar-refractivity contribution is -0.0237. The van der Waals surface area contributed by atoms with Crippen molar-refractivity contribution in [3.63, 3.8) is 0 Å². The number of likely N-dealkylation sites (tertiary alicyclic amines) is 1. The Morgan fingerprint density at radius 2 is 1.95 bits per heavy atom. The Kier molecular flexibility index (Phi) is 6.36. The van der Waals surface area contributed by atoms with Gasteiger partial charge in [-0.25, -0.2) is 0 Å². The van der Waals surface area contributed by atoms with Gasteiger partial charge in [-0.1, -0.05) is 0 Å². The fourth-order valence-corrected chi connectivity index (χ4v) is 3.72. The van der Waals surface area contributed by atoms with Gasteiger partial charge in [-0.05, 0) is 50.9 Å². The number of nitrogens with one attached hydrogen (secondary N) is 1. The van der Waals surface area contributed by atoms with Gasteiger partial charge in [-0.3, -0.25) is 4.99 Å². The molecule has 6 heteroatoms. The van der Waals surface area contributed by atoms with E-state index < -0.39 is 5.60 Å². The second kappa shape index (κ2) is 7.66. The summed E-state index contributed by atoms with van der Waals surface area (Å²) in [5.74, 6) is 0.987. The number of guanidine groups is 1. The van der Waals surface area contributed by atoms with Gasteiger partial charge in [-0.2, -0.15) is 0 Å². The van der Waals surface area contributed by atoms with E-state index in [1.165, 1.54) is 19.3 Å². The van der Waals surface area contributed by atoms with Crippen LogP contribution in [0.1, 0.15) is 45.4 Å². The molecule has 0 amide bonds. The monoisotopic (exact) mass is 423 g/mol. The largest absolute Gasteiger partial charge is 0.388 e. The summed E-state index contributed by atoms with van der Waals surface area (Å²) in [5, 5.41) is 13.6. The topological polar surface area (TPSA) is 57.1 Å². The summed E-state index contributed by atoms with van der Waals surface area (Å²) in [6.07, 6.45) is 6.52. The lowest BCUT2D eigenvalue weighted by atomic mass is 9.80. The number of aliphatic hydroxyl groups is 1. The van der Waals surface area contributed by atoms with E-state index in [4.69, 9.17) is 9.73 Å². The average Bonchev–Trinajstić information content (AvgIpc) is 2.86. The van der Waals surface area contributed by atoms with Crippen LogP contribution in [-0.2, 0) is 4.74 Å². The molecule has 3 aliphatic rings. The minimum Gasteiger partial charge on any atom is -0.388 e. The van der Waals surface area contributed by atoms with Gasteiger partial charge >= 0.3 is 0 Å². The smallest absolute Gasteiger partial charge is 0.194 e. The number of ether oxygens (including phenoxy) is 1. The first-order valence-electron chi connectivity index (χ1n) is 8.48. The maximum Gasteiger partial charge on any atom is 0.194 e. The molecule has 0 aromatic heterocycles. The molecule has 2 aliphatic heterocycles. The Morgan fingerprint density at radius 1 is 1.23 bits per heavy atom. The van der Waals surface area contributed by atoms with Crippen LogP contribution >= 0.6 is 24.0 Å². The molecule has 0 bridgehead atoms. The van der Waals surface area contributed by atoms with E-state index in [9.17, 15) is 5.11 Å². The number of hydrogen-bond acceptors (Lipinski definition) is 3. The van der Waals surface area contributed by atoms with Crippen LogP contribution in [0.4, 0.5) is 0 Å². The van der Waals surface area contributed by atoms with E-state index in [0.29, 0.717) is 12.0 Å². The highest BCUT2D eigenvalue weighted by atomic mass is 127. The van der Waals surface area contributed by atoms with E-state index >= 15 is 0 Å². The summed E-state index contributed by atoms with van der Waals surface area (Å²) >= 11 is 0. The molecule has 0 aromatic carbocycles. The van der Waals surface area contributed by atoms with E-state index in [-0.39, 0.29) is 24.0 Å². The molecule has 0 atom stereocenters. The first-order valence-corrected chi connectivity index (χ1v) is 8.48. The van der Waals surface area contributed by atoms with E-state index in [2.05, 4.69) is 17.1 Å². The van der Waals surface area contributed by atoms with Crippen LogP contribution in [0.3, 0.4) is 0 Å². The van der Waals surface area contributed by atoms with Crippen LogP contribution in [0, 0.1) is 5.41 Å². The number of aliphatic imine (C=N–C) groups is 1. The van der Waals surface area contributed by atoms with Crippen molar-refractivity contribution in [3.05, 3.63) is 0 Å². The van der Waals surface area contributed by atoms with Gasteiger partial charge in [0.1, 0.15) is 0 Å². The average molecular weight is 423 g/mol. The number of hydrogen-bond donors (Lipinski definition) is 2. The van der Waals surface area contributed by atoms with Crippen LogP contribution < -0.4 is 5.32 Å². The fourth-order valence-electron chi connectivity index (χ4n) is 3.72. The lowest BCUT2D eigenvalue weighted by Gasteiger charge is -2.36. The molecule has 1 saturated carbocycles. The molecule has 0 unspecified atom stereocenters. The molecule has 2 saturated heterocycles. The summed E-state index contributed by atoms with van der Waals surface area (Å²) < 4.78 is 5.52. The van der Waals surface area contributed by atoms with Crippen molar-refractivity contribution in [1.29, 1.82) is 0 Å². The second-order valence-corrected chi connectivity index (χ2v) is 7.03. The van der Waals surface area contributed by atoms with Gasteiger partial charge in [0.05, 0.1) is 12.1 Å². The zero-order valence-corrected chi connectivity index (χ0v) is 16.0. The van der Waals surface area contributed by atoms with Crippen LogP contribution in [0.5, 0.6) is 0 Å². The highest BCUT2D eigenvalue weighted by Gasteiger charge is 2.40. The van der Waals surface area contributed by atoms with Crippen molar-refractivity contribution >= 4 is 29.9 Å². The summed E-state index contributed by atoms with van der Waals surface area (Å²) in [6.45, 7) is 7.49. The van der Waals surface area contributed by atoms with E-state index in [0.717, 1.165) is 58.1 Å². The minimum atomic E-state index is -0.531. The fraction of sp³-hybridized carbons (Fsp3) is 0.938. The Morgan fingerprint density at radius 3 is 2.55 bits per heavy atom. The van der Waals surface area contributed by atoms with Crippen LogP contribution in [0.15, 0.2) is 4.99 Å². The Hall–Kier alpha value is -0.0800. The van der Waals surface area contributed by atoms with Crippen molar-refractivity contribution in [1.82, 2.24) is 10.2 Å². The van der Waals surface area contributed by atoms with Gasteiger partial charge in [0.2, 0.25) is 0 Å². The van der Waals surface area contributed by atoms with Crippen LogP contribution in [0.25, 0.3) is 0 Å². The molecule has 1 aliphatic carbocycles. The molecule has 1 spiro atoms. The summed E-state index contributed by atoms with van der Waals surface area (Å²) in [5.41, 5.74) is -0.0986. The second-order valence-electron chi connectivity index (χ2n) is 7.03. The third-order valence-electron chi connectivity index (χ3n) is 5.43. The third-order valence-corrected chi connectivity index (χ3v) is 5.43. The van der Waals surface area contributed by atoms with Crippen molar-refractivity contribution in [2.24, 2.45) is 10.4 Å². The lowest BCUT2D eigenvalue weighted by Crippen LogP contribution is -2.45. The Bertz CT molecular complexity index is 393. The number of nitrogens with zero attached hydrogens (tertiary/aromatic N) is 2. The first-order chi connectivity index (χ1) is 10.1. The van der Waals surface area contributed by atoms with Gasteiger partial charge in [0, 0.05) is 32.8 Å². The van der Waals surface area contributed by atoms with E-state index in [1.54, 1.807) is 0 Å². The predicted octanol–water partition coefficient (Wildman–Crippen LogP) is 1.99. The zero-order valence-electron chi connectivity index (χ0n) is 13.6. The van der Waals surface area contributed by atoms with Gasteiger partial charge < -0.3 is 20.1 Å². The standard InChI is InChI=1S/C16H29N3O2.HI/c1-2-17-14(18-12-16(20)4-3-5-16)19-9-6-15(13-19)7-10-21-11-8-15;/h20H,2-13H2,1H3,(H,17,18);1H. The molecule has 3 fully saturated rings. The summed E-state index contributed by atoms with van der Waals surface area (Å²) in [7, 11) is 0. The molecular weight excluding hydrogens is 393 g/mol. The molecule has 3 rings (SSSR count). The maximum absolute atomic E-state index is 10.2. The molecule has 5 nitrogen and oxygen atoms in total. The van der Waals surface area contributed by atoms with Gasteiger partial charge in [0.25, 0.3) is 0 Å². The van der Waals surface area contributed by atoms with Crippen LogP contribution in [0.2, 0.25) is 0 Å². The Balaban J connectivity index is 0.00000176. The van der Waals surface area contributed by atoms with Crippen LogP contribution in [-0.4, -0.2) is 61.0 Å². The third kappa shape index (κ3) is 4.06. The normalized spacial score (nSPS) is 26.5. The molecule has 2 heterocycles. The number of rotatable bonds is 3. The van der Waals surface area contributed by atoms with Crippen molar-refractivity contribution in [2.75, 3.05) is 39.4 Å². The minimum absolute atomic E-state index is 0. The molecule has 0 aromatic rings. The molecule has 128 valence electrons. The van der Waals surface area contributed by atoms with E-state index in [1.807, 2.05) is 0 Å². The molecule has 0 radical (unpaired) electrons. The maximum atomic E-state index is 10.2. The predicted molar refractivity (Wildman–Crippen MR) is 98.9 cm³/mol. The quantitative estimate of drug-likeness (QED) is 0.414. The highest BCUT2D eigenvalue weighted by molar-refractivity contribution is 14.0. The zero-order chi connectivity index (χ0) is 14.8. The van der Waals surface area contributed by atoms with Gasteiger partial charge in [-0.15, -0.1) is 24.0 Å². The summed E-state index contributed by atoms with van der Waals surface area (Å²) in [6, 6.07) is 0. The Labute approximate surface area is 150 Å². The van der Waals surface area contributed by atoms with Crippen molar-refractivity contribution in [2.45, 2.75) is 51.0 Å². The van der Waals surface area contributed by atoms with Crippen molar-refractivity contribution < 1.29 is 9.84 Å². The highest BCUT2D eigenvalue weighted by Crippen LogP contribution is 2.39. The number of halogens is 1.